The maximum atomic E-state index is 11.7. The standard InChI is InChI=1S/C12H14BrN3OS/c1-9(11-3-2-6-18-11)15-4-5-16-8-14-7-10(13)12(16)17/h2-3,6-9,15H,4-5H2,1H3. The fraction of sp³-hybridized carbons (Fsp3) is 0.333. The quantitative estimate of drug-likeness (QED) is 0.917. The number of halogens is 1. The van der Waals surface area contributed by atoms with E-state index in [-0.39, 0.29) is 5.56 Å². The lowest BCUT2D eigenvalue weighted by molar-refractivity contribution is 0.525. The number of nitrogens with zero attached hydrogens (tertiary/aromatic N) is 2. The number of rotatable bonds is 5. The summed E-state index contributed by atoms with van der Waals surface area (Å²) in [4.78, 5) is 17.0. The highest BCUT2D eigenvalue weighted by Crippen LogP contribution is 2.17. The van der Waals surface area contributed by atoms with E-state index >= 15 is 0 Å². The summed E-state index contributed by atoms with van der Waals surface area (Å²) in [5, 5.41) is 5.45. The Morgan fingerprint density at radius 1 is 1.61 bits per heavy atom. The van der Waals surface area contributed by atoms with Gasteiger partial charge in [-0.05, 0) is 34.3 Å². The molecule has 0 saturated heterocycles. The lowest BCUT2D eigenvalue weighted by Gasteiger charge is -2.12. The predicted molar refractivity (Wildman–Crippen MR) is 76.9 cm³/mol. The normalized spacial score (nSPS) is 12.6. The molecule has 0 amide bonds. The van der Waals surface area contributed by atoms with Gasteiger partial charge in [0.25, 0.3) is 5.56 Å². The number of hydrogen-bond donors (Lipinski definition) is 1. The molecule has 0 spiro atoms. The van der Waals surface area contributed by atoms with E-state index in [4.69, 9.17) is 0 Å². The summed E-state index contributed by atoms with van der Waals surface area (Å²) in [5.41, 5.74) is -0.0458. The van der Waals surface area contributed by atoms with E-state index in [0.29, 0.717) is 17.1 Å². The minimum Gasteiger partial charge on any atom is -0.308 e. The van der Waals surface area contributed by atoms with Crippen molar-refractivity contribution in [3.63, 3.8) is 0 Å². The third kappa shape index (κ3) is 3.28. The minimum atomic E-state index is -0.0458. The van der Waals surface area contributed by atoms with Crippen molar-refractivity contribution in [1.29, 1.82) is 0 Å². The molecular weight excluding hydrogens is 314 g/mol. The molecule has 0 fully saturated rings. The molecule has 1 unspecified atom stereocenters. The summed E-state index contributed by atoms with van der Waals surface area (Å²) in [7, 11) is 0. The molecule has 0 aromatic carbocycles. The van der Waals surface area contributed by atoms with Gasteiger partial charge in [0.15, 0.2) is 0 Å². The fourth-order valence-corrected chi connectivity index (χ4v) is 2.73. The summed E-state index contributed by atoms with van der Waals surface area (Å²) in [6.45, 7) is 3.46. The Morgan fingerprint density at radius 3 is 3.17 bits per heavy atom. The van der Waals surface area contributed by atoms with Crippen LogP contribution in [-0.2, 0) is 6.54 Å². The topological polar surface area (TPSA) is 46.9 Å². The molecule has 0 aliphatic heterocycles. The Balaban J connectivity index is 1.89. The average Bonchev–Trinajstić information content (AvgIpc) is 2.88. The molecular formula is C12H14BrN3OS. The molecule has 0 saturated carbocycles. The van der Waals surface area contributed by atoms with Crippen LogP contribution in [-0.4, -0.2) is 16.1 Å². The van der Waals surface area contributed by atoms with E-state index in [2.05, 4.69) is 44.6 Å². The van der Waals surface area contributed by atoms with Crippen LogP contribution in [0, 0.1) is 0 Å². The van der Waals surface area contributed by atoms with E-state index in [9.17, 15) is 4.79 Å². The van der Waals surface area contributed by atoms with Gasteiger partial charge in [-0.15, -0.1) is 11.3 Å². The van der Waals surface area contributed by atoms with E-state index in [1.807, 2.05) is 6.07 Å². The highest BCUT2D eigenvalue weighted by molar-refractivity contribution is 9.10. The molecule has 2 rings (SSSR count). The van der Waals surface area contributed by atoms with Gasteiger partial charge in [-0.2, -0.15) is 0 Å². The van der Waals surface area contributed by atoms with Crippen LogP contribution in [0.15, 0.2) is 39.3 Å². The van der Waals surface area contributed by atoms with Gasteiger partial charge in [-0.3, -0.25) is 9.36 Å². The molecule has 96 valence electrons. The Hall–Kier alpha value is -0.980. The van der Waals surface area contributed by atoms with Crippen molar-refractivity contribution >= 4 is 27.3 Å². The number of aromatic nitrogens is 2. The monoisotopic (exact) mass is 327 g/mol. The number of thiophene rings is 1. The molecule has 2 aromatic rings. The van der Waals surface area contributed by atoms with Gasteiger partial charge in [-0.1, -0.05) is 6.07 Å². The van der Waals surface area contributed by atoms with E-state index in [1.54, 1.807) is 22.2 Å². The van der Waals surface area contributed by atoms with Crippen molar-refractivity contribution in [3.8, 4) is 0 Å². The average molecular weight is 328 g/mol. The summed E-state index contributed by atoms with van der Waals surface area (Å²) in [5.74, 6) is 0. The van der Waals surface area contributed by atoms with E-state index in [0.717, 1.165) is 6.54 Å². The molecule has 18 heavy (non-hydrogen) atoms. The molecule has 0 aliphatic rings. The van der Waals surface area contributed by atoms with Crippen molar-refractivity contribution in [1.82, 2.24) is 14.9 Å². The van der Waals surface area contributed by atoms with Gasteiger partial charge in [-0.25, -0.2) is 4.98 Å². The largest absolute Gasteiger partial charge is 0.308 e. The summed E-state index contributed by atoms with van der Waals surface area (Å²) in [6.07, 6.45) is 3.07. The second-order valence-electron chi connectivity index (χ2n) is 3.93. The Labute approximate surface area is 118 Å². The van der Waals surface area contributed by atoms with Gasteiger partial charge in [0, 0.05) is 30.2 Å². The zero-order valence-corrected chi connectivity index (χ0v) is 12.4. The van der Waals surface area contributed by atoms with Gasteiger partial charge < -0.3 is 5.32 Å². The van der Waals surface area contributed by atoms with Gasteiger partial charge >= 0.3 is 0 Å². The van der Waals surface area contributed by atoms with Gasteiger partial charge in [0.2, 0.25) is 0 Å². The highest BCUT2D eigenvalue weighted by Gasteiger charge is 2.05. The lowest BCUT2D eigenvalue weighted by Crippen LogP contribution is -2.28. The summed E-state index contributed by atoms with van der Waals surface area (Å²) < 4.78 is 2.09. The maximum Gasteiger partial charge on any atom is 0.267 e. The van der Waals surface area contributed by atoms with Crippen molar-refractivity contribution in [3.05, 3.63) is 49.7 Å². The second kappa shape index (κ2) is 6.26. The fourth-order valence-electron chi connectivity index (χ4n) is 1.62. The highest BCUT2D eigenvalue weighted by atomic mass is 79.9. The van der Waals surface area contributed by atoms with E-state index in [1.165, 1.54) is 11.1 Å². The van der Waals surface area contributed by atoms with Crippen LogP contribution in [0.3, 0.4) is 0 Å². The second-order valence-corrected chi connectivity index (χ2v) is 5.76. The third-order valence-electron chi connectivity index (χ3n) is 2.63. The molecule has 0 aliphatic carbocycles. The van der Waals surface area contributed by atoms with Gasteiger partial charge in [0.05, 0.1) is 6.33 Å². The Kier molecular flexibility index (Phi) is 4.68. The van der Waals surface area contributed by atoms with Crippen LogP contribution in [0.2, 0.25) is 0 Å². The molecule has 2 heterocycles. The van der Waals surface area contributed by atoms with Crippen molar-refractivity contribution in [2.24, 2.45) is 0 Å². The first kappa shape index (κ1) is 13.5. The van der Waals surface area contributed by atoms with Crippen LogP contribution in [0.25, 0.3) is 0 Å². The Bertz CT molecular complexity index is 553. The van der Waals surface area contributed by atoms with Crippen LogP contribution in [0.4, 0.5) is 0 Å². The predicted octanol–water partition coefficient (Wildman–Crippen LogP) is 2.42. The zero-order valence-electron chi connectivity index (χ0n) is 9.97. The SMILES string of the molecule is CC(NCCn1cncc(Br)c1=O)c1cccs1. The van der Waals surface area contributed by atoms with Crippen molar-refractivity contribution < 1.29 is 0 Å². The number of hydrogen-bond acceptors (Lipinski definition) is 4. The summed E-state index contributed by atoms with van der Waals surface area (Å²) in [6, 6.07) is 4.46. The van der Waals surface area contributed by atoms with Crippen molar-refractivity contribution in [2.45, 2.75) is 19.5 Å². The van der Waals surface area contributed by atoms with Crippen LogP contribution >= 0.6 is 27.3 Å². The maximum absolute atomic E-state index is 11.7. The molecule has 2 aromatic heterocycles. The zero-order chi connectivity index (χ0) is 13.0. The molecule has 4 nitrogen and oxygen atoms in total. The molecule has 1 N–H and O–H groups in total. The number of nitrogens with one attached hydrogen (secondary N) is 1. The third-order valence-corrected chi connectivity index (χ3v) is 4.23. The van der Waals surface area contributed by atoms with Crippen molar-refractivity contribution in [2.75, 3.05) is 6.54 Å². The lowest BCUT2D eigenvalue weighted by atomic mass is 10.3. The molecule has 0 bridgehead atoms. The smallest absolute Gasteiger partial charge is 0.267 e. The molecule has 1 atom stereocenters. The van der Waals surface area contributed by atoms with Crippen LogP contribution in [0.5, 0.6) is 0 Å². The first-order valence-electron chi connectivity index (χ1n) is 5.65. The Morgan fingerprint density at radius 2 is 2.44 bits per heavy atom. The van der Waals surface area contributed by atoms with Crippen LogP contribution in [0.1, 0.15) is 17.8 Å². The molecule has 0 radical (unpaired) electrons. The van der Waals surface area contributed by atoms with Gasteiger partial charge in [0.1, 0.15) is 4.47 Å². The first-order chi connectivity index (χ1) is 8.68. The van der Waals surface area contributed by atoms with Crippen LogP contribution < -0.4 is 10.9 Å². The molecule has 6 heteroatoms. The first-order valence-corrected chi connectivity index (χ1v) is 7.32. The van der Waals surface area contributed by atoms with E-state index < -0.39 is 0 Å². The minimum absolute atomic E-state index is 0.0458. The summed E-state index contributed by atoms with van der Waals surface area (Å²) >= 11 is 4.92.